The molecule has 78 valence electrons. The molecule has 1 rings (SSSR count). The van der Waals surface area contributed by atoms with Crippen LogP contribution in [0.4, 0.5) is 5.69 Å². The average molecular weight is 216 g/mol. The fourth-order valence-corrected chi connectivity index (χ4v) is 1.49. The van der Waals surface area contributed by atoms with E-state index in [2.05, 4.69) is 0 Å². The fourth-order valence-electron chi connectivity index (χ4n) is 0.916. The van der Waals surface area contributed by atoms with Gasteiger partial charge in [-0.15, -0.1) is 0 Å². The third kappa shape index (κ3) is 2.31. The van der Waals surface area contributed by atoms with E-state index in [1.54, 1.807) is 29.5 Å². The maximum Gasteiger partial charge on any atom is 0.392 e. The van der Waals surface area contributed by atoms with Crippen LogP contribution in [0.5, 0.6) is 0 Å². The summed E-state index contributed by atoms with van der Waals surface area (Å²) in [7, 11) is -3.86. The highest BCUT2D eigenvalue weighted by molar-refractivity contribution is 7.57. The lowest BCUT2D eigenvalue weighted by Crippen LogP contribution is -2.36. The highest BCUT2D eigenvalue weighted by Crippen LogP contribution is 2.39. The van der Waals surface area contributed by atoms with E-state index in [-0.39, 0.29) is 0 Å². The van der Waals surface area contributed by atoms with Crippen LogP contribution in [-0.2, 0) is 4.57 Å². The molecule has 0 aliphatic heterocycles. The van der Waals surface area contributed by atoms with Gasteiger partial charge in [-0.3, -0.25) is 5.84 Å². The number of nitrogens with one attached hydrogen (secondary N) is 1. The van der Waals surface area contributed by atoms with E-state index in [0.717, 1.165) is 5.56 Å². The number of hydrogen-bond acceptors (Lipinski definition) is 3. The minimum Gasteiger partial charge on any atom is -0.316 e. The van der Waals surface area contributed by atoms with Crippen molar-refractivity contribution in [3.63, 3.8) is 0 Å². The summed E-state index contributed by atoms with van der Waals surface area (Å²) in [5.41, 5.74) is 1.45. The number of benzene rings is 1. The van der Waals surface area contributed by atoms with Crippen molar-refractivity contribution in [1.82, 2.24) is 5.20 Å². The molecule has 0 radical (unpaired) electrons. The van der Waals surface area contributed by atoms with Crippen molar-refractivity contribution in [3.05, 3.63) is 29.8 Å². The van der Waals surface area contributed by atoms with Gasteiger partial charge in [-0.2, -0.15) is 5.20 Å². The van der Waals surface area contributed by atoms with E-state index in [1.807, 2.05) is 6.92 Å². The summed E-state index contributed by atoms with van der Waals surface area (Å²) in [6.07, 6.45) is 0. The van der Waals surface area contributed by atoms with Gasteiger partial charge in [0.1, 0.15) is 0 Å². The molecule has 0 heterocycles. The van der Waals surface area contributed by atoms with E-state index in [0.29, 0.717) is 10.5 Å². The molecule has 14 heavy (non-hydrogen) atoms. The highest BCUT2D eigenvalue weighted by Gasteiger charge is 2.23. The van der Waals surface area contributed by atoms with Gasteiger partial charge in [0, 0.05) is 0 Å². The minimum absolute atomic E-state index is 0.416. The number of hydrazine groups is 2. The molecule has 0 aromatic heterocycles. The maximum atomic E-state index is 11.3. The van der Waals surface area contributed by atoms with Gasteiger partial charge in [-0.05, 0) is 19.1 Å². The van der Waals surface area contributed by atoms with Gasteiger partial charge in [-0.25, -0.2) is 15.2 Å². The normalized spacial score (nSPS) is 14.9. The zero-order valence-corrected chi connectivity index (χ0v) is 8.61. The molecule has 0 spiro atoms. The maximum absolute atomic E-state index is 11.3. The Kier molecular flexibility index (Phi) is 3.25. The summed E-state index contributed by atoms with van der Waals surface area (Å²) >= 11 is 0. The summed E-state index contributed by atoms with van der Waals surface area (Å²) in [4.78, 5) is 9.23. The van der Waals surface area contributed by atoms with E-state index in [9.17, 15) is 9.46 Å². The average Bonchev–Trinajstić information content (AvgIpc) is 2.18. The predicted molar refractivity (Wildman–Crippen MR) is 55.0 cm³/mol. The summed E-state index contributed by atoms with van der Waals surface area (Å²) in [5.74, 6) is 10.3. The van der Waals surface area contributed by atoms with Crippen LogP contribution in [-0.4, -0.2) is 4.89 Å². The predicted octanol–water partition coefficient (Wildman–Crippen LogP) is 0.239. The van der Waals surface area contributed by atoms with Crippen molar-refractivity contribution < 1.29 is 9.46 Å². The van der Waals surface area contributed by atoms with Crippen LogP contribution < -0.4 is 21.7 Å². The summed E-state index contributed by atoms with van der Waals surface area (Å²) in [6, 6.07) is 6.84. The first kappa shape index (κ1) is 11.2. The summed E-state index contributed by atoms with van der Waals surface area (Å²) < 4.78 is 12.0. The Morgan fingerprint density at radius 1 is 1.43 bits per heavy atom. The fraction of sp³-hybridized carbons (Fsp3) is 0.143. The van der Waals surface area contributed by atoms with E-state index >= 15 is 0 Å². The minimum atomic E-state index is -3.86. The van der Waals surface area contributed by atoms with Gasteiger partial charge in [0.25, 0.3) is 0 Å². The lowest BCUT2D eigenvalue weighted by molar-refractivity contribution is 0.460. The first-order valence-corrected chi connectivity index (χ1v) is 5.51. The first-order valence-electron chi connectivity index (χ1n) is 3.90. The number of nitrogens with zero attached hydrogens (tertiary/aromatic N) is 1. The third-order valence-corrected chi connectivity index (χ3v) is 2.91. The van der Waals surface area contributed by atoms with Crippen LogP contribution in [0, 0.1) is 6.92 Å². The summed E-state index contributed by atoms with van der Waals surface area (Å²) in [5, 5.41) is 1.77. The zero-order chi connectivity index (χ0) is 10.8. The molecule has 1 aromatic carbocycles. The third-order valence-electron chi connectivity index (χ3n) is 1.76. The molecule has 0 fully saturated rings. The highest BCUT2D eigenvalue weighted by atomic mass is 31.2. The van der Waals surface area contributed by atoms with Gasteiger partial charge in [0.2, 0.25) is 0 Å². The van der Waals surface area contributed by atoms with E-state index in [4.69, 9.17) is 11.7 Å². The summed E-state index contributed by atoms with van der Waals surface area (Å²) in [6.45, 7) is 1.91. The smallest absolute Gasteiger partial charge is 0.316 e. The van der Waals surface area contributed by atoms with Gasteiger partial charge >= 0.3 is 7.67 Å². The molecule has 1 unspecified atom stereocenters. The Balaban J connectivity index is 2.95. The number of hydrogen-bond donors (Lipinski definition) is 4. The molecular formula is C7H13N4O2P. The van der Waals surface area contributed by atoms with Crippen molar-refractivity contribution >= 4 is 13.4 Å². The molecule has 0 saturated heterocycles. The largest absolute Gasteiger partial charge is 0.392 e. The lowest BCUT2D eigenvalue weighted by Gasteiger charge is -2.22. The molecule has 0 aliphatic rings. The van der Waals surface area contributed by atoms with Crippen molar-refractivity contribution in [1.29, 1.82) is 0 Å². The zero-order valence-electron chi connectivity index (χ0n) is 7.71. The molecule has 0 aliphatic carbocycles. The van der Waals surface area contributed by atoms with Gasteiger partial charge < -0.3 is 4.89 Å². The van der Waals surface area contributed by atoms with E-state index < -0.39 is 7.67 Å². The molecule has 7 heteroatoms. The van der Waals surface area contributed by atoms with Crippen molar-refractivity contribution in [2.75, 3.05) is 4.78 Å². The quantitative estimate of drug-likeness (QED) is 0.327. The van der Waals surface area contributed by atoms with Gasteiger partial charge in [0.15, 0.2) is 0 Å². The second-order valence-corrected chi connectivity index (χ2v) is 4.63. The Morgan fingerprint density at radius 3 is 2.36 bits per heavy atom. The standard InChI is InChI=1S/C7H13N4O2P/c1-6-2-4-7(5-3-6)11(9)14(12,13)10-8/h2-5H,8-9H2,1H3,(H2,10,12,13). The Bertz CT molecular complexity index is 353. The van der Waals surface area contributed by atoms with Crippen molar-refractivity contribution in [2.24, 2.45) is 11.7 Å². The second kappa shape index (κ2) is 4.08. The SMILES string of the molecule is Cc1ccc(N(N)P(=O)(O)NN)cc1. The van der Waals surface area contributed by atoms with Crippen molar-refractivity contribution in [3.8, 4) is 0 Å². The Labute approximate surface area is 82.0 Å². The second-order valence-electron chi connectivity index (χ2n) is 2.85. The first-order chi connectivity index (χ1) is 6.47. The molecule has 1 atom stereocenters. The van der Waals surface area contributed by atoms with Crippen LogP contribution in [0.25, 0.3) is 0 Å². The topological polar surface area (TPSA) is 105 Å². The molecule has 0 saturated carbocycles. The van der Waals surface area contributed by atoms with E-state index in [1.165, 1.54) is 0 Å². The molecular weight excluding hydrogens is 203 g/mol. The van der Waals surface area contributed by atoms with Gasteiger partial charge in [-0.1, -0.05) is 17.7 Å². The molecule has 6 nitrogen and oxygen atoms in total. The lowest BCUT2D eigenvalue weighted by atomic mass is 10.2. The van der Waals surface area contributed by atoms with Crippen LogP contribution in [0.2, 0.25) is 0 Å². The molecule has 6 N–H and O–H groups in total. The van der Waals surface area contributed by atoms with Crippen LogP contribution in [0.3, 0.4) is 0 Å². The van der Waals surface area contributed by atoms with Gasteiger partial charge in [0.05, 0.1) is 5.69 Å². The van der Waals surface area contributed by atoms with Crippen LogP contribution >= 0.6 is 7.67 Å². The Hall–Kier alpha value is -0.910. The molecule has 0 bridgehead atoms. The number of nitrogens with two attached hydrogens (primary N) is 2. The number of anilines is 1. The number of aryl methyl sites for hydroxylation is 1. The Morgan fingerprint density at radius 2 is 1.93 bits per heavy atom. The van der Waals surface area contributed by atoms with Crippen LogP contribution in [0.15, 0.2) is 24.3 Å². The van der Waals surface area contributed by atoms with Crippen molar-refractivity contribution in [2.45, 2.75) is 6.92 Å². The molecule has 1 aromatic rings. The van der Waals surface area contributed by atoms with Crippen LogP contribution in [0.1, 0.15) is 5.56 Å². The number of rotatable bonds is 3. The molecule has 0 amide bonds. The monoisotopic (exact) mass is 216 g/mol.